The van der Waals surface area contributed by atoms with Gasteiger partial charge < -0.3 is 5.73 Å². The summed E-state index contributed by atoms with van der Waals surface area (Å²) in [6, 6.07) is 6.59. The van der Waals surface area contributed by atoms with E-state index < -0.39 is 10.0 Å². The fourth-order valence-corrected chi connectivity index (χ4v) is 3.33. The molecular formula is C14H22N2O2S2. The largest absolute Gasteiger partial charge is 0.393 e. The molecule has 6 heteroatoms. The molecule has 1 rings (SSSR count). The second-order valence-corrected chi connectivity index (χ2v) is 7.19. The molecule has 0 aliphatic rings. The van der Waals surface area contributed by atoms with Crippen molar-refractivity contribution >= 4 is 27.2 Å². The molecule has 0 saturated heterocycles. The Morgan fingerprint density at radius 1 is 1.35 bits per heavy atom. The van der Waals surface area contributed by atoms with Gasteiger partial charge in [0.05, 0.1) is 9.88 Å². The van der Waals surface area contributed by atoms with E-state index in [0.29, 0.717) is 11.4 Å². The average Bonchev–Trinajstić information content (AvgIpc) is 2.35. The van der Waals surface area contributed by atoms with Crippen LogP contribution in [0.5, 0.6) is 0 Å². The number of unbranched alkanes of at least 4 members (excludes halogenated alkanes) is 1. The Labute approximate surface area is 126 Å². The Kier molecular flexibility index (Phi) is 6.58. The van der Waals surface area contributed by atoms with Crippen LogP contribution in [0.1, 0.15) is 38.7 Å². The van der Waals surface area contributed by atoms with E-state index in [-0.39, 0.29) is 10.9 Å². The van der Waals surface area contributed by atoms with E-state index in [1.54, 1.807) is 24.3 Å². The summed E-state index contributed by atoms with van der Waals surface area (Å²) in [6.07, 6.45) is 3.39. The normalized spacial score (nSPS) is 13.1. The van der Waals surface area contributed by atoms with E-state index in [4.69, 9.17) is 18.0 Å². The molecule has 0 bridgehead atoms. The highest BCUT2D eigenvalue weighted by Gasteiger charge is 2.16. The average molecular weight is 314 g/mol. The van der Waals surface area contributed by atoms with Crippen molar-refractivity contribution in [3.63, 3.8) is 0 Å². The van der Waals surface area contributed by atoms with Crippen molar-refractivity contribution < 1.29 is 8.42 Å². The molecule has 20 heavy (non-hydrogen) atoms. The smallest absolute Gasteiger partial charge is 0.240 e. The third-order valence-electron chi connectivity index (χ3n) is 2.96. The van der Waals surface area contributed by atoms with Crippen LogP contribution in [0.2, 0.25) is 0 Å². The van der Waals surface area contributed by atoms with Gasteiger partial charge in [-0.05, 0) is 31.0 Å². The van der Waals surface area contributed by atoms with Crippen LogP contribution >= 0.6 is 12.2 Å². The molecule has 0 aliphatic carbocycles. The third-order valence-corrected chi connectivity index (χ3v) is 4.71. The molecule has 1 unspecified atom stereocenters. The van der Waals surface area contributed by atoms with Gasteiger partial charge >= 0.3 is 0 Å². The highest BCUT2D eigenvalue weighted by molar-refractivity contribution is 7.89. The molecule has 0 heterocycles. The fourth-order valence-electron chi connectivity index (χ4n) is 1.89. The first-order valence-corrected chi connectivity index (χ1v) is 8.64. The van der Waals surface area contributed by atoms with Gasteiger partial charge in [-0.3, -0.25) is 0 Å². The molecule has 3 N–H and O–H groups in total. The zero-order valence-corrected chi connectivity index (χ0v) is 13.6. The quantitative estimate of drug-likeness (QED) is 0.723. The standard InChI is InChI=1S/C14H22N2O2S2/c1-3-4-5-11(2)16-20(17,18)13-8-6-12(7-9-13)10-14(15)19/h6-9,11,16H,3-5,10H2,1-2H3,(H2,15,19). The van der Waals surface area contributed by atoms with Crippen molar-refractivity contribution in [2.24, 2.45) is 5.73 Å². The van der Waals surface area contributed by atoms with E-state index in [1.165, 1.54) is 0 Å². The van der Waals surface area contributed by atoms with Crippen molar-refractivity contribution in [3.05, 3.63) is 29.8 Å². The molecule has 0 saturated carbocycles. The molecule has 0 spiro atoms. The molecule has 0 fully saturated rings. The van der Waals surface area contributed by atoms with Crippen molar-refractivity contribution in [2.75, 3.05) is 0 Å². The van der Waals surface area contributed by atoms with Crippen molar-refractivity contribution in [2.45, 2.75) is 50.5 Å². The Balaban J connectivity index is 2.74. The van der Waals surface area contributed by atoms with Crippen molar-refractivity contribution in [1.82, 2.24) is 4.72 Å². The minimum Gasteiger partial charge on any atom is -0.393 e. The summed E-state index contributed by atoms with van der Waals surface area (Å²) in [5.41, 5.74) is 6.37. The molecule has 0 radical (unpaired) electrons. The molecule has 1 aromatic rings. The molecule has 0 aliphatic heterocycles. The van der Waals surface area contributed by atoms with Crippen LogP contribution in [-0.4, -0.2) is 19.4 Å². The van der Waals surface area contributed by atoms with Gasteiger partial charge in [0.2, 0.25) is 10.0 Å². The SMILES string of the molecule is CCCCC(C)NS(=O)(=O)c1ccc(CC(N)=S)cc1. The fraction of sp³-hybridized carbons (Fsp3) is 0.500. The minimum atomic E-state index is -3.45. The minimum absolute atomic E-state index is 0.0590. The van der Waals surface area contributed by atoms with Gasteiger partial charge in [-0.15, -0.1) is 0 Å². The van der Waals surface area contributed by atoms with E-state index in [1.807, 2.05) is 6.92 Å². The predicted octanol–water partition coefficient (Wildman–Crippen LogP) is 2.37. The van der Waals surface area contributed by atoms with Crippen molar-refractivity contribution in [3.8, 4) is 0 Å². The van der Waals surface area contributed by atoms with Crippen LogP contribution in [-0.2, 0) is 16.4 Å². The molecule has 1 atom stereocenters. The number of sulfonamides is 1. The molecule has 0 amide bonds. The number of hydrogen-bond donors (Lipinski definition) is 2. The van der Waals surface area contributed by atoms with Gasteiger partial charge in [0.25, 0.3) is 0 Å². The second kappa shape index (κ2) is 7.71. The Hall–Kier alpha value is -0.980. The highest BCUT2D eigenvalue weighted by Crippen LogP contribution is 2.13. The van der Waals surface area contributed by atoms with Gasteiger partial charge in [0, 0.05) is 12.5 Å². The van der Waals surface area contributed by atoms with Gasteiger partial charge in [-0.2, -0.15) is 0 Å². The molecule has 112 valence electrons. The third kappa shape index (κ3) is 5.56. The first kappa shape index (κ1) is 17.1. The van der Waals surface area contributed by atoms with Crippen molar-refractivity contribution in [1.29, 1.82) is 0 Å². The predicted molar refractivity (Wildman–Crippen MR) is 86.2 cm³/mol. The lowest BCUT2D eigenvalue weighted by molar-refractivity contribution is 0.534. The van der Waals surface area contributed by atoms with Crippen LogP contribution in [0.4, 0.5) is 0 Å². The van der Waals surface area contributed by atoms with E-state index in [9.17, 15) is 8.42 Å². The maximum absolute atomic E-state index is 12.2. The summed E-state index contributed by atoms with van der Waals surface area (Å²) in [5, 5.41) is 0. The monoisotopic (exact) mass is 314 g/mol. The van der Waals surface area contributed by atoms with Gasteiger partial charge in [0.1, 0.15) is 0 Å². The van der Waals surface area contributed by atoms with E-state index in [2.05, 4.69) is 11.6 Å². The Morgan fingerprint density at radius 2 is 1.95 bits per heavy atom. The summed E-state index contributed by atoms with van der Waals surface area (Å²) in [6.45, 7) is 3.97. The summed E-state index contributed by atoms with van der Waals surface area (Å²) >= 11 is 4.83. The zero-order valence-electron chi connectivity index (χ0n) is 11.9. The summed E-state index contributed by atoms with van der Waals surface area (Å²) in [5.74, 6) is 0. The Morgan fingerprint density at radius 3 is 2.45 bits per heavy atom. The van der Waals surface area contributed by atoms with Crippen LogP contribution in [0.15, 0.2) is 29.2 Å². The first-order chi connectivity index (χ1) is 9.35. The van der Waals surface area contributed by atoms with E-state index in [0.717, 1.165) is 24.8 Å². The number of hydrogen-bond acceptors (Lipinski definition) is 3. The maximum Gasteiger partial charge on any atom is 0.240 e. The molecule has 1 aromatic carbocycles. The lowest BCUT2D eigenvalue weighted by Gasteiger charge is -2.14. The molecule has 0 aromatic heterocycles. The van der Waals surface area contributed by atoms with Gasteiger partial charge in [-0.25, -0.2) is 13.1 Å². The van der Waals surface area contributed by atoms with Crippen LogP contribution in [0.25, 0.3) is 0 Å². The second-order valence-electron chi connectivity index (χ2n) is 4.95. The van der Waals surface area contributed by atoms with Gasteiger partial charge in [-0.1, -0.05) is 44.1 Å². The lowest BCUT2D eigenvalue weighted by atomic mass is 10.1. The summed E-state index contributed by atoms with van der Waals surface area (Å²) in [7, 11) is -3.45. The van der Waals surface area contributed by atoms with Gasteiger partial charge in [0.15, 0.2) is 0 Å². The summed E-state index contributed by atoms with van der Waals surface area (Å²) in [4.78, 5) is 0.666. The van der Waals surface area contributed by atoms with Crippen LogP contribution in [0.3, 0.4) is 0 Å². The number of nitrogens with two attached hydrogens (primary N) is 1. The van der Waals surface area contributed by atoms with Crippen LogP contribution in [0, 0.1) is 0 Å². The topological polar surface area (TPSA) is 72.2 Å². The number of rotatable bonds is 8. The summed E-state index contributed by atoms with van der Waals surface area (Å²) < 4.78 is 27.0. The number of benzene rings is 1. The molecule has 4 nitrogen and oxygen atoms in total. The molecular weight excluding hydrogens is 292 g/mol. The lowest BCUT2D eigenvalue weighted by Crippen LogP contribution is -2.32. The maximum atomic E-state index is 12.2. The van der Waals surface area contributed by atoms with E-state index >= 15 is 0 Å². The van der Waals surface area contributed by atoms with Crippen LogP contribution < -0.4 is 10.5 Å². The zero-order chi connectivity index (χ0) is 15.2. The highest BCUT2D eigenvalue weighted by atomic mass is 32.2. The Bertz CT molecular complexity index is 539. The number of thiocarbonyl (C=S) groups is 1. The first-order valence-electron chi connectivity index (χ1n) is 6.74. The number of nitrogens with one attached hydrogen (secondary N) is 1.